The third-order valence-electron chi connectivity index (χ3n) is 3.80. The Balaban J connectivity index is 1.85. The van der Waals surface area contributed by atoms with Crippen LogP contribution in [0.1, 0.15) is 25.7 Å². The van der Waals surface area contributed by atoms with Crippen LogP contribution in [0.5, 0.6) is 5.75 Å². The number of rotatable bonds is 9. The fourth-order valence-electron chi connectivity index (χ4n) is 2.42. The molecule has 2 rings (SSSR count). The fraction of sp³-hybridized carbons (Fsp3) is 0.312. The molecule has 11 nitrogen and oxygen atoms in total. The minimum atomic E-state index is -4.89. The van der Waals surface area contributed by atoms with E-state index in [1.165, 1.54) is 12.2 Å². The van der Waals surface area contributed by atoms with Gasteiger partial charge in [0.25, 0.3) is 11.8 Å². The highest BCUT2D eigenvalue weighted by molar-refractivity contribution is 7.85. The van der Waals surface area contributed by atoms with Gasteiger partial charge in [0, 0.05) is 31.2 Å². The number of imide groups is 1. The van der Waals surface area contributed by atoms with Gasteiger partial charge in [-0.2, -0.15) is 0 Å². The monoisotopic (exact) mass is 411 g/mol. The van der Waals surface area contributed by atoms with Crippen LogP contribution in [0.3, 0.4) is 0 Å². The van der Waals surface area contributed by atoms with E-state index in [2.05, 4.69) is 0 Å². The predicted octanol–water partition coefficient (Wildman–Crippen LogP) is 0.890. The summed E-state index contributed by atoms with van der Waals surface area (Å²) < 4.78 is 37.7. The number of esters is 1. The molecule has 28 heavy (non-hydrogen) atoms. The molecule has 0 aromatic heterocycles. The van der Waals surface area contributed by atoms with Gasteiger partial charge in [-0.3, -0.25) is 29.4 Å². The summed E-state index contributed by atoms with van der Waals surface area (Å²) in [6, 6.07) is 2.22. The summed E-state index contributed by atoms with van der Waals surface area (Å²) in [4.78, 5) is 44.9. The third kappa shape index (κ3) is 5.44. The van der Waals surface area contributed by atoms with Gasteiger partial charge in [0.05, 0.1) is 9.82 Å². The molecule has 1 aromatic carbocycles. The van der Waals surface area contributed by atoms with Crippen LogP contribution in [0.4, 0.5) is 5.69 Å². The van der Waals surface area contributed by atoms with Gasteiger partial charge in [-0.05, 0) is 25.0 Å². The zero-order valence-corrected chi connectivity index (χ0v) is 15.2. The Morgan fingerprint density at radius 1 is 1.11 bits per heavy atom. The number of hydrogen-bond acceptors (Lipinski definition) is 9. The van der Waals surface area contributed by atoms with Crippen molar-refractivity contribution in [1.82, 2.24) is 4.90 Å². The Bertz CT molecular complexity index is 935. The Hall–Kier alpha value is -3.12. The van der Waals surface area contributed by atoms with Crippen LogP contribution in [0.15, 0.2) is 35.2 Å². The second kappa shape index (κ2) is 8.71. The first-order valence-electron chi connectivity index (χ1n) is 8.08. The number of carbonyl (C=O) groups is 3. The molecule has 0 fully saturated rings. The number of hydrogen-bond donors (Lipinski definition) is 0. The molecule has 0 N–H and O–H groups in total. The van der Waals surface area contributed by atoms with Gasteiger partial charge in [-0.15, -0.1) is 0 Å². The lowest BCUT2D eigenvalue weighted by atomic mass is 10.2. The third-order valence-corrected chi connectivity index (χ3v) is 4.63. The summed E-state index contributed by atoms with van der Waals surface area (Å²) in [6.45, 7) is 0.219. The van der Waals surface area contributed by atoms with Crippen molar-refractivity contribution >= 4 is 33.6 Å². The predicted molar refractivity (Wildman–Crippen MR) is 91.0 cm³/mol. The normalized spacial score (nSPS) is 13.8. The topological polar surface area (TPSA) is 164 Å². The van der Waals surface area contributed by atoms with E-state index in [0.717, 1.165) is 17.0 Å². The maximum atomic E-state index is 11.8. The first kappa shape index (κ1) is 21.2. The molecule has 1 aliphatic rings. The van der Waals surface area contributed by atoms with Crippen molar-refractivity contribution in [3.63, 3.8) is 0 Å². The van der Waals surface area contributed by atoms with Crippen LogP contribution in [0.25, 0.3) is 0 Å². The molecule has 0 saturated heterocycles. The Labute approximate surface area is 159 Å². The summed E-state index contributed by atoms with van der Waals surface area (Å²) in [5.41, 5.74) is -0.816. The molecule has 2 amide bonds. The van der Waals surface area contributed by atoms with Crippen LogP contribution in [0.2, 0.25) is 0 Å². The number of nitro benzene ring substituents is 1. The second-order valence-corrected chi connectivity index (χ2v) is 7.17. The average Bonchev–Trinajstić information content (AvgIpc) is 2.92. The maximum Gasteiger partial charge on any atom is 0.312 e. The summed E-state index contributed by atoms with van der Waals surface area (Å²) >= 11 is 0. The van der Waals surface area contributed by atoms with Gasteiger partial charge in [0.1, 0.15) is 10.1 Å². The van der Waals surface area contributed by atoms with E-state index in [1.807, 2.05) is 0 Å². The van der Waals surface area contributed by atoms with Gasteiger partial charge in [0.2, 0.25) is 5.75 Å². The van der Waals surface area contributed by atoms with Gasteiger partial charge >= 0.3 is 11.7 Å². The van der Waals surface area contributed by atoms with E-state index >= 15 is 0 Å². The van der Waals surface area contributed by atoms with E-state index in [1.54, 1.807) is 0 Å². The molecular weight excluding hydrogens is 396 g/mol. The molecule has 1 aliphatic heterocycles. The Morgan fingerprint density at radius 2 is 1.75 bits per heavy atom. The largest absolute Gasteiger partial charge is 0.744 e. The average molecular weight is 411 g/mol. The SMILES string of the molecule is O=C(CCCCCN1C(=O)C=CC1=O)Oc1ccc(S(=O)(=O)[O-])cc1[N+](=O)[O-]. The van der Waals surface area contributed by atoms with Crippen LogP contribution in [0, 0.1) is 10.1 Å². The summed E-state index contributed by atoms with van der Waals surface area (Å²) in [6.07, 6.45) is 3.60. The minimum Gasteiger partial charge on any atom is -0.744 e. The fourth-order valence-corrected chi connectivity index (χ4v) is 2.91. The van der Waals surface area contributed by atoms with Crippen molar-refractivity contribution in [3.8, 4) is 5.75 Å². The lowest BCUT2D eigenvalue weighted by Crippen LogP contribution is -2.30. The molecule has 0 saturated carbocycles. The Kier molecular flexibility index (Phi) is 6.59. The Morgan fingerprint density at radius 3 is 2.32 bits per heavy atom. The molecule has 1 aromatic rings. The quantitative estimate of drug-likeness (QED) is 0.109. The van der Waals surface area contributed by atoms with Crippen LogP contribution in [-0.4, -0.2) is 47.1 Å². The highest BCUT2D eigenvalue weighted by atomic mass is 32.2. The minimum absolute atomic E-state index is 0.0844. The van der Waals surface area contributed by atoms with Crippen LogP contribution >= 0.6 is 0 Å². The van der Waals surface area contributed by atoms with E-state index in [-0.39, 0.29) is 24.8 Å². The summed E-state index contributed by atoms with van der Waals surface area (Å²) in [5, 5.41) is 11.0. The van der Waals surface area contributed by atoms with Gasteiger partial charge in [-0.1, -0.05) is 6.42 Å². The number of nitrogens with zero attached hydrogens (tertiary/aromatic N) is 2. The molecule has 0 radical (unpaired) electrons. The van der Waals surface area contributed by atoms with Crippen molar-refractivity contribution in [3.05, 3.63) is 40.5 Å². The van der Waals surface area contributed by atoms with E-state index in [9.17, 15) is 37.5 Å². The van der Waals surface area contributed by atoms with Crippen LogP contribution < -0.4 is 4.74 Å². The molecule has 150 valence electrons. The molecule has 0 spiro atoms. The number of ether oxygens (including phenoxy) is 1. The lowest BCUT2D eigenvalue weighted by molar-refractivity contribution is -0.385. The van der Waals surface area contributed by atoms with Crippen molar-refractivity contribution in [2.75, 3.05) is 6.54 Å². The standard InChI is InChI=1S/C16H16N2O9S/c19-14-7-8-15(20)17(14)9-3-1-2-4-16(21)27-13-6-5-11(28(24,25)26)10-12(13)18(22)23/h5-8,10H,1-4,9H2,(H,24,25,26)/p-1. The highest BCUT2D eigenvalue weighted by Crippen LogP contribution is 2.30. The van der Waals surface area contributed by atoms with E-state index in [0.29, 0.717) is 25.3 Å². The smallest absolute Gasteiger partial charge is 0.312 e. The molecule has 1 heterocycles. The van der Waals surface area contributed by atoms with Gasteiger partial charge < -0.3 is 9.29 Å². The molecule has 12 heteroatoms. The lowest BCUT2D eigenvalue weighted by Gasteiger charge is -2.13. The zero-order chi connectivity index (χ0) is 20.9. The van der Waals surface area contributed by atoms with Gasteiger partial charge in [-0.25, -0.2) is 8.42 Å². The maximum absolute atomic E-state index is 11.8. The van der Waals surface area contributed by atoms with E-state index < -0.39 is 37.3 Å². The molecule has 0 unspecified atom stereocenters. The summed E-state index contributed by atoms with van der Waals surface area (Å²) in [5.74, 6) is -2.03. The number of amides is 2. The number of nitro groups is 1. The second-order valence-electron chi connectivity index (χ2n) is 5.79. The molecular formula is C16H15N2O9S-. The zero-order valence-electron chi connectivity index (χ0n) is 14.4. The highest BCUT2D eigenvalue weighted by Gasteiger charge is 2.23. The van der Waals surface area contributed by atoms with Crippen molar-refractivity contribution < 1.29 is 37.0 Å². The summed E-state index contributed by atoms with van der Waals surface area (Å²) in [7, 11) is -4.89. The number of unbranched alkanes of at least 4 members (excludes halogenated alkanes) is 2. The van der Waals surface area contributed by atoms with E-state index in [4.69, 9.17) is 4.74 Å². The van der Waals surface area contributed by atoms with Crippen molar-refractivity contribution in [1.29, 1.82) is 0 Å². The number of benzene rings is 1. The molecule has 0 atom stereocenters. The number of carbonyl (C=O) groups excluding carboxylic acids is 3. The molecule has 0 aliphatic carbocycles. The van der Waals surface area contributed by atoms with Crippen molar-refractivity contribution in [2.24, 2.45) is 0 Å². The van der Waals surface area contributed by atoms with Crippen LogP contribution in [-0.2, 0) is 24.5 Å². The van der Waals surface area contributed by atoms with Crippen molar-refractivity contribution in [2.45, 2.75) is 30.6 Å². The van der Waals surface area contributed by atoms with Gasteiger partial charge in [0.15, 0.2) is 0 Å². The first-order valence-corrected chi connectivity index (χ1v) is 9.49. The first-order chi connectivity index (χ1) is 13.1. The molecule has 0 bridgehead atoms.